The Morgan fingerprint density at radius 2 is 1.96 bits per heavy atom. The third kappa shape index (κ3) is 3.44. The Bertz CT molecular complexity index is 970. The molecule has 122 valence electrons. The molecule has 1 heterocycles. The van der Waals surface area contributed by atoms with Crippen LogP contribution in [0, 0.1) is 3.57 Å². The van der Waals surface area contributed by atoms with Crippen LogP contribution in [0.3, 0.4) is 0 Å². The van der Waals surface area contributed by atoms with Crippen molar-refractivity contribution in [1.29, 1.82) is 0 Å². The molecule has 1 N–H and O–H groups in total. The maximum Gasteiger partial charge on any atom is 0.278 e. The molecule has 0 aliphatic carbocycles. The highest BCUT2D eigenvalue weighted by Gasteiger charge is 2.19. The van der Waals surface area contributed by atoms with E-state index in [1.54, 1.807) is 31.3 Å². The molecule has 5 nitrogen and oxygen atoms in total. The number of nitrogens with zero attached hydrogens (tertiary/aromatic N) is 2. The van der Waals surface area contributed by atoms with E-state index in [0.717, 1.165) is 9.13 Å². The number of benzene rings is 2. The summed E-state index contributed by atoms with van der Waals surface area (Å²) in [6.07, 6.45) is 0. The first-order valence-electron chi connectivity index (χ1n) is 7.13. The van der Waals surface area contributed by atoms with Gasteiger partial charge in [-0.1, -0.05) is 23.7 Å². The summed E-state index contributed by atoms with van der Waals surface area (Å²) in [6.45, 7) is 0.363. The van der Waals surface area contributed by atoms with Gasteiger partial charge in [-0.3, -0.25) is 14.7 Å². The summed E-state index contributed by atoms with van der Waals surface area (Å²) in [4.78, 5) is 26.6. The number of hydrogen-bond acceptors (Lipinski definition) is 3. The summed E-state index contributed by atoms with van der Waals surface area (Å²) in [7, 11) is 1.64. The van der Waals surface area contributed by atoms with Crippen molar-refractivity contribution in [1.82, 2.24) is 15.1 Å². The molecule has 1 amide bonds. The normalized spacial score (nSPS) is 10.8. The Hall–Kier alpha value is -1.93. The Morgan fingerprint density at radius 3 is 2.67 bits per heavy atom. The molecule has 2 aromatic carbocycles. The second-order valence-corrected chi connectivity index (χ2v) is 7.06. The second-order valence-electron chi connectivity index (χ2n) is 5.38. The third-order valence-electron chi connectivity index (χ3n) is 3.61. The first kappa shape index (κ1) is 16.9. The predicted molar refractivity (Wildman–Crippen MR) is 102 cm³/mol. The highest BCUT2D eigenvalue weighted by atomic mass is 127. The van der Waals surface area contributed by atoms with Gasteiger partial charge in [0, 0.05) is 22.2 Å². The fourth-order valence-corrected chi connectivity index (χ4v) is 2.97. The van der Waals surface area contributed by atoms with Gasteiger partial charge in [-0.25, -0.2) is 0 Å². The molecule has 0 radical (unpaired) electrons. The lowest BCUT2D eigenvalue weighted by molar-refractivity contribution is 0.0777. The Kier molecular flexibility index (Phi) is 4.86. The first-order valence-corrected chi connectivity index (χ1v) is 8.59. The van der Waals surface area contributed by atoms with Crippen LogP contribution in [0.15, 0.2) is 47.3 Å². The predicted octanol–water partition coefficient (Wildman–Crippen LogP) is 3.45. The average Bonchev–Trinajstić information content (AvgIpc) is 2.57. The lowest BCUT2D eigenvalue weighted by Crippen LogP contribution is -2.32. The van der Waals surface area contributed by atoms with Crippen LogP contribution in [0.1, 0.15) is 16.1 Å². The van der Waals surface area contributed by atoms with Crippen LogP contribution < -0.4 is 5.43 Å². The van der Waals surface area contributed by atoms with Gasteiger partial charge in [0.05, 0.1) is 10.9 Å². The summed E-state index contributed by atoms with van der Waals surface area (Å²) < 4.78 is 0.921. The van der Waals surface area contributed by atoms with Crippen LogP contribution in [0.5, 0.6) is 0 Å². The van der Waals surface area contributed by atoms with Gasteiger partial charge in [0.15, 0.2) is 5.69 Å². The molecule has 0 aliphatic rings. The zero-order valence-electron chi connectivity index (χ0n) is 12.7. The van der Waals surface area contributed by atoms with Gasteiger partial charge in [-0.2, -0.15) is 5.10 Å². The monoisotopic (exact) mass is 453 g/mol. The van der Waals surface area contributed by atoms with E-state index in [2.05, 4.69) is 32.8 Å². The Balaban J connectivity index is 1.91. The van der Waals surface area contributed by atoms with Crippen LogP contribution in [0.2, 0.25) is 5.02 Å². The van der Waals surface area contributed by atoms with Gasteiger partial charge in [0.25, 0.3) is 5.91 Å². The van der Waals surface area contributed by atoms with E-state index in [-0.39, 0.29) is 11.1 Å². The number of carbonyl (C=O) groups excluding carboxylic acids is 1. The molecule has 3 aromatic rings. The quantitative estimate of drug-likeness (QED) is 0.618. The van der Waals surface area contributed by atoms with E-state index in [4.69, 9.17) is 11.6 Å². The average molecular weight is 454 g/mol. The molecule has 0 saturated heterocycles. The van der Waals surface area contributed by atoms with Gasteiger partial charge < -0.3 is 4.90 Å². The highest BCUT2D eigenvalue weighted by molar-refractivity contribution is 14.1. The molecule has 0 saturated carbocycles. The van der Waals surface area contributed by atoms with Crippen LogP contribution in [0.25, 0.3) is 10.9 Å². The summed E-state index contributed by atoms with van der Waals surface area (Å²) >= 11 is 7.98. The number of fused-ring (bicyclic) bond motifs is 1. The Labute approximate surface area is 156 Å². The number of halogens is 2. The summed E-state index contributed by atoms with van der Waals surface area (Å²) in [5.41, 5.74) is 1.05. The van der Waals surface area contributed by atoms with Gasteiger partial charge in [0.2, 0.25) is 5.43 Å². The highest BCUT2D eigenvalue weighted by Crippen LogP contribution is 2.14. The van der Waals surface area contributed by atoms with E-state index in [9.17, 15) is 9.59 Å². The minimum absolute atomic E-state index is 0.110. The molecule has 0 aliphatic heterocycles. The first-order chi connectivity index (χ1) is 11.5. The molecule has 7 heteroatoms. The van der Waals surface area contributed by atoms with Crippen LogP contribution >= 0.6 is 34.2 Å². The maximum absolute atomic E-state index is 12.6. The number of rotatable bonds is 3. The summed E-state index contributed by atoms with van der Waals surface area (Å²) in [6, 6.07) is 12.6. The molecule has 3 rings (SSSR count). The minimum Gasteiger partial charge on any atom is -0.336 e. The maximum atomic E-state index is 12.6. The minimum atomic E-state index is -0.424. The van der Waals surface area contributed by atoms with Crippen LogP contribution in [0.4, 0.5) is 0 Å². The lowest BCUT2D eigenvalue weighted by Gasteiger charge is -2.16. The lowest BCUT2D eigenvalue weighted by atomic mass is 10.2. The third-order valence-corrected chi connectivity index (χ3v) is 4.53. The van der Waals surface area contributed by atoms with Crippen molar-refractivity contribution in [2.45, 2.75) is 6.54 Å². The molecule has 0 unspecified atom stereocenters. The number of aromatic nitrogens is 2. The summed E-state index contributed by atoms with van der Waals surface area (Å²) in [5.74, 6) is -0.424. The SMILES string of the molecule is CN(Cc1ccc(Cl)cc1)C(=O)c1n[nH]c2ccc(I)cc2c1=O. The largest absolute Gasteiger partial charge is 0.336 e. The van der Waals surface area contributed by atoms with Gasteiger partial charge in [-0.15, -0.1) is 0 Å². The topological polar surface area (TPSA) is 66.1 Å². The zero-order valence-corrected chi connectivity index (χ0v) is 15.6. The van der Waals surface area contributed by atoms with E-state index >= 15 is 0 Å². The van der Waals surface area contributed by atoms with Crippen LogP contribution in [-0.2, 0) is 6.54 Å². The molecule has 0 spiro atoms. The van der Waals surface area contributed by atoms with Crippen molar-refractivity contribution in [2.24, 2.45) is 0 Å². The number of hydrogen-bond donors (Lipinski definition) is 1. The fourth-order valence-electron chi connectivity index (χ4n) is 2.36. The Morgan fingerprint density at radius 1 is 1.25 bits per heavy atom. The molecule has 24 heavy (non-hydrogen) atoms. The standard InChI is InChI=1S/C17H13ClIN3O2/c1-22(9-10-2-4-11(18)5-3-10)17(24)15-16(23)13-8-12(19)6-7-14(13)20-21-15/h2-8H,9H2,1H3,(H,20,23). The molecule has 1 aromatic heterocycles. The molecule has 0 atom stereocenters. The summed E-state index contributed by atoms with van der Waals surface area (Å²) in [5, 5.41) is 7.83. The number of aromatic amines is 1. The van der Waals surface area contributed by atoms with Crippen LogP contribution in [-0.4, -0.2) is 28.1 Å². The van der Waals surface area contributed by atoms with Gasteiger partial charge >= 0.3 is 0 Å². The van der Waals surface area contributed by atoms with E-state index in [1.807, 2.05) is 18.2 Å². The van der Waals surface area contributed by atoms with Crippen molar-refractivity contribution in [3.05, 3.63) is 72.5 Å². The fraction of sp³-hybridized carbons (Fsp3) is 0.118. The van der Waals surface area contributed by atoms with E-state index in [0.29, 0.717) is 22.5 Å². The van der Waals surface area contributed by atoms with Crippen molar-refractivity contribution in [2.75, 3.05) is 7.05 Å². The molecular weight excluding hydrogens is 441 g/mol. The second kappa shape index (κ2) is 6.90. The van der Waals surface area contributed by atoms with Crippen molar-refractivity contribution >= 4 is 51.0 Å². The number of carbonyl (C=O) groups is 1. The molecule has 0 fully saturated rings. The molecular formula is C17H13ClIN3O2. The molecule has 0 bridgehead atoms. The van der Waals surface area contributed by atoms with Crippen molar-refractivity contribution < 1.29 is 4.79 Å². The zero-order chi connectivity index (χ0) is 17.3. The number of H-pyrrole nitrogens is 1. The van der Waals surface area contributed by atoms with Crippen molar-refractivity contribution in [3.8, 4) is 0 Å². The van der Waals surface area contributed by atoms with Crippen molar-refractivity contribution in [3.63, 3.8) is 0 Å². The number of amides is 1. The number of nitrogens with one attached hydrogen (secondary N) is 1. The van der Waals surface area contributed by atoms with Gasteiger partial charge in [-0.05, 0) is 58.5 Å². The smallest absolute Gasteiger partial charge is 0.278 e. The van der Waals surface area contributed by atoms with E-state index < -0.39 is 5.91 Å². The van der Waals surface area contributed by atoms with Gasteiger partial charge in [0.1, 0.15) is 0 Å². The van der Waals surface area contributed by atoms with E-state index in [1.165, 1.54) is 4.90 Å².